The maximum Gasteiger partial charge on any atom is 0.371 e. The number of carbonyl (C=O) groups excluding carboxylic acids is 1. The number of amides is 2. The molecular weight excluding hydrogens is 370 g/mol. The minimum absolute atomic E-state index is 0.135. The van der Waals surface area contributed by atoms with Crippen molar-refractivity contribution in [3.05, 3.63) is 53.8 Å². The van der Waals surface area contributed by atoms with Gasteiger partial charge in [0, 0.05) is 19.2 Å². The first kappa shape index (κ1) is 21.9. The van der Waals surface area contributed by atoms with Crippen LogP contribution in [0.3, 0.4) is 0 Å². The third-order valence-electron chi connectivity index (χ3n) is 4.37. The van der Waals surface area contributed by atoms with E-state index in [9.17, 15) is 9.59 Å². The molecule has 0 spiro atoms. The van der Waals surface area contributed by atoms with Gasteiger partial charge in [-0.05, 0) is 30.2 Å². The Bertz CT molecular complexity index is 863. The van der Waals surface area contributed by atoms with Crippen molar-refractivity contribution in [1.29, 1.82) is 0 Å². The summed E-state index contributed by atoms with van der Waals surface area (Å²) in [5, 5.41) is 11.9. The lowest BCUT2D eigenvalue weighted by molar-refractivity contribution is -0.135. The average molecular weight is 397 g/mol. The van der Waals surface area contributed by atoms with Gasteiger partial charge in [-0.1, -0.05) is 50.1 Å². The minimum Gasteiger partial charge on any atom is -0.490 e. The van der Waals surface area contributed by atoms with Crippen LogP contribution in [0, 0.1) is 0 Å². The summed E-state index contributed by atoms with van der Waals surface area (Å²) in [6, 6.07) is 12.6. The molecule has 0 radical (unpaired) electrons. The van der Waals surface area contributed by atoms with E-state index in [1.165, 1.54) is 18.1 Å². The van der Waals surface area contributed by atoms with E-state index in [0.717, 1.165) is 24.8 Å². The number of nitrogens with zero attached hydrogens (tertiary/aromatic N) is 2. The Morgan fingerprint density at radius 3 is 2.52 bits per heavy atom. The predicted octanol–water partition coefficient (Wildman–Crippen LogP) is 4.16. The zero-order valence-electron chi connectivity index (χ0n) is 17.0. The molecule has 154 valence electrons. The van der Waals surface area contributed by atoms with Crippen LogP contribution in [0.1, 0.15) is 31.7 Å². The molecule has 0 saturated carbocycles. The van der Waals surface area contributed by atoms with Gasteiger partial charge in [-0.3, -0.25) is 4.90 Å². The fraction of sp³-hybridized carbons (Fsp3) is 0.318. The van der Waals surface area contributed by atoms with E-state index in [1.54, 1.807) is 25.2 Å². The molecule has 1 heterocycles. The first-order valence-corrected chi connectivity index (χ1v) is 9.54. The molecule has 0 unspecified atom stereocenters. The van der Waals surface area contributed by atoms with Crippen LogP contribution in [0.15, 0.2) is 48.2 Å². The van der Waals surface area contributed by atoms with Gasteiger partial charge < -0.3 is 15.2 Å². The summed E-state index contributed by atoms with van der Waals surface area (Å²) in [5.74, 6) is -0.710. The van der Waals surface area contributed by atoms with Crippen LogP contribution in [0.2, 0.25) is 0 Å². The number of ether oxygens (including phenoxy) is 1. The fourth-order valence-corrected chi connectivity index (χ4v) is 2.67. The number of methoxy groups -OCH3 is 1. The van der Waals surface area contributed by atoms with Gasteiger partial charge in [0.05, 0.1) is 12.8 Å². The average Bonchev–Trinajstić information content (AvgIpc) is 2.74. The van der Waals surface area contributed by atoms with Gasteiger partial charge in [0.15, 0.2) is 0 Å². The summed E-state index contributed by atoms with van der Waals surface area (Å²) in [6.45, 7) is 2.76. The summed E-state index contributed by atoms with van der Waals surface area (Å²) in [7, 11) is 3.01. The maximum absolute atomic E-state index is 12.3. The monoisotopic (exact) mass is 397 g/mol. The molecule has 7 heteroatoms. The molecule has 1 aromatic heterocycles. The molecule has 0 saturated heterocycles. The highest BCUT2D eigenvalue weighted by Gasteiger charge is 2.12. The lowest BCUT2D eigenvalue weighted by Gasteiger charge is -2.18. The number of anilines is 1. The van der Waals surface area contributed by atoms with Gasteiger partial charge in [-0.2, -0.15) is 0 Å². The summed E-state index contributed by atoms with van der Waals surface area (Å²) < 4.78 is 4.84. The number of benzene rings is 1. The van der Waals surface area contributed by atoms with Crippen LogP contribution in [0.25, 0.3) is 17.3 Å². The van der Waals surface area contributed by atoms with Gasteiger partial charge in [-0.25, -0.2) is 14.6 Å². The Morgan fingerprint density at radius 2 is 1.90 bits per heavy atom. The van der Waals surface area contributed by atoms with E-state index in [4.69, 9.17) is 9.84 Å². The second-order valence-corrected chi connectivity index (χ2v) is 6.52. The summed E-state index contributed by atoms with van der Waals surface area (Å²) in [6.07, 6.45) is 4.60. The Morgan fingerprint density at radius 1 is 1.17 bits per heavy atom. The number of carbonyl (C=O) groups is 2. The van der Waals surface area contributed by atoms with E-state index in [1.807, 2.05) is 24.3 Å². The number of aliphatic carboxylic acids is 1. The summed E-state index contributed by atoms with van der Waals surface area (Å²) >= 11 is 0. The normalized spacial score (nSPS) is 11.1. The van der Waals surface area contributed by atoms with E-state index < -0.39 is 5.97 Å². The molecule has 2 aromatic rings. The Kier molecular flexibility index (Phi) is 8.21. The lowest BCUT2D eigenvalue weighted by atomic mass is 10.1. The molecule has 0 aliphatic heterocycles. The standard InChI is InChI=1S/C22H27N3O4/c1-4-5-6-14-23-22(28)25(2)20-9-7-8-18(24-20)17-12-10-16(11-13-17)15-19(29-3)21(26)27/h7-13,15H,4-6,14H2,1-3H3,(H,23,28)(H,26,27)/b19-15+. The number of carboxylic acids is 1. The first-order chi connectivity index (χ1) is 14.0. The molecule has 29 heavy (non-hydrogen) atoms. The van der Waals surface area contributed by atoms with Crippen molar-refractivity contribution >= 4 is 23.9 Å². The number of pyridine rings is 1. The minimum atomic E-state index is -1.12. The van der Waals surface area contributed by atoms with E-state index in [2.05, 4.69) is 17.2 Å². The fourth-order valence-electron chi connectivity index (χ4n) is 2.67. The number of rotatable bonds is 9. The molecule has 0 fully saturated rings. The zero-order valence-corrected chi connectivity index (χ0v) is 17.0. The highest BCUT2D eigenvalue weighted by atomic mass is 16.5. The first-order valence-electron chi connectivity index (χ1n) is 9.54. The molecule has 0 atom stereocenters. The van der Waals surface area contributed by atoms with Crippen LogP contribution in [-0.4, -0.2) is 42.8 Å². The molecular formula is C22H27N3O4. The van der Waals surface area contributed by atoms with Crippen molar-refractivity contribution in [3.8, 4) is 11.3 Å². The molecule has 7 nitrogen and oxygen atoms in total. The topological polar surface area (TPSA) is 91.8 Å². The molecule has 2 N–H and O–H groups in total. The number of hydrogen-bond donors (Lipinski definition) is 2. The third-order valence-corrected chi connectivity index (χ3v) is 4.37. The predicted molar refractivity (Wildman–Crippen MR) is 114 cm³/mol. The number of nitrogens with one attached hydrogen (secondary N) is 1. The quantitative estimate of drug-likeness (QED) is 0.377. The van der Waals surface area contributed by atoms with Gasteiger partial charge in [0.1, 0.15) is 5.82 Å². The van der Waals surface area contributed by atoms with Crippen molar-refractivity contribution in [2.24, 2.45) is 0 Å². The van der Waals surface area contributed by atoms with Crippen molar-refractivity contribution in [3.63, 3.8) is 0 Å². The molecule has 0 aliphatic carbocycles. The van der Waals surface area contributed by atoms with Crippen LogP contribution >= 0.6 is 0 Å². The molecule has 2 amide bonds. The number of hydrogen-bond acceptors (Lipinski definition) is 4. The number of aromatic nitrogens is 1. The van der Waals surface area contributed by atoms with E-state index in [-0.39, 0.29) is 11.8 Å². The van der Waals surface area contributed by atoms with Crippen molar-refractivity contribution in [1.82, 2.24) is 10.3 Å². The molecule has 0 aliphatic rings. The summed E-state index contributed by atoms with van der Waals surface area (Å²) in [5.41, 5.74) is 2.27. The SMILES string of the molecule is CCCCCNC(=O)N(C)c1cccc(-c2ccc(/C=C(/OC)C(=O)O)cc2)n1. The molecule has 2 rings (SSSR count). The largest absolute Gasteiger partial charge is 0.490 e. The van der Waals surface area contributed by atoms with Crippen LogP contribution < -0.4 is 10.2 Å². The second kappa shape index (κ2) is 10.8. The number of unbranched alkanes of at least 4 members (excludes halogenated alkanes) is 2. The summed E-state index contributed by atoms with van der Waals surface area (Å²) in [4.78, 5) is 29.4. The van der Waals surface area contributed by atoms with Crippen LogP contribution in [0.5, 0.6) is 0 Å². The highest BCUT2D eigenvalue weighted by Crippen LogP contribution is 2.21. The van der Waals surface area contributed by atoms with Gasteiger partial charge in [0.25, 0.3) is 0 Å². The smallest absolute Gasteiger partial charge is 0.371 e. The van der Waals surface area contributed by atoms with Gasteiger partial charge >= 0.3 is 12.0 Å². The lowest BCUT2D eigenvalue weighted by Crippen LogP contribution is -2.38. The Balaban J connectivity index is 2.12. The molecule has 0 bridgehead atoms. The molecule has 1 aromatic carbocycles. The highest BCUT2D eigenvalue weighted by molar-refractivity contribution is 5.91. The second-order valence-electron chi connectivity index (χ2n) is 6.52. The van der Waals surface area contributed by atoms with Crippen molar-refractivity contribution < 1.29 is 19.4 Å². The van der Waals surface area contributed by atoms with E-state index in [0.29, 0.717) is 23.6 Å². The van der Waals surface area contributed by atoms with E-state index >= 15 is 0 Å². The van der Waals surface area contributed by atoms with Gasteiger partial charge in [0.2, 0.25) is 5.76 Å². The maximum atomic E-state index is 12.3. The Hall–Kier alpha value is -3.35. The number of carboxylic acid groups (broad SMARTS) is 1. The van der Waals surface area contributed by atoms with Gasteiger partial charge in [-0.15, -0.1) is 0 Å². The van der Waals surface area contributed by atoms with Crippen LogP contribution in [0.4, 0.5) is 10.6 Å². The third kappa shape index (κ3) is 6.34. The van der Waals surface area contributed by atoms with Crippen molar-refractivity contribution in [2.75, 3.05) is 25.6 Å². The Labute approximate surface area is 171 Å². The van der Waals surface area contributed by atoms with Crippen LogP contribution in [-0.2, 0) is 9.53 Å². The zero-order chi connectivity index (χ0) is 21.2. The number of urea groups is 1. The van der Waals surface area contributed by atoms with Crippen molar-refractivity contribution in [2.45, 2.75) is 26.2 Å².